The first-order chi connectivity index (χ1) is 17.0. The van der Waals surface area contributed by atoms with Crippen LogP contribution < -0.4 is 5.32 Å². The molecule has 6 heteroatoms. The summed E-state index contributed by atoms with van der Waals surface area (Å²) in [6.07, 6.45) is 6.04. The zero-order chi connectivity index (χ0) is 23.8. The van der Waals surface area contributed by atoms with Gasteiger partial charge in [0.1, 0.15) is 0 Å². The van der Waals surface area contributed by atoms with E-state index < -0.39 is 0 Å². The minimum atomic E-state index is -0.163. The summed E-state index contributed by atoms with van der Waals surface area (Å²) in [6.45, 7) is 0. The molecule has 0 spiro atoms. The Bertz CT molecular complexity index is 1360. The maximum Gasteiger partial charge on any atom is 0.227 e. The lowest BCUT2D eigenvalue weighted by Gasteiger charge is -2.30. The van der Waals surface area contributed by atoms with Crippen LogP contribution in [0.4, 0.5) is 5.69 Å². The predicted molar refractivity (Wildman–Crippen MR) is 132 cm³/mol. The van der Waals surface area contributed by atoms with Crippen LogP contribution in [-0.2, 0) is 4.79 Å². The van der Waals surface area contributed by atoms with Crippen LogP contribution in [0.1, 0.15) is 89.9 Å². The highest BCUT2D eigenvalue weighted by Crippen LogP contribution is 2.61. The van der Waals surface area contributed by atoms with Crippen LogP contribution in [-0.4, -0.2) is 26.5 Å². The number of hydrogen-bond acceptors (Lipinski definition) is 4. The van der Waals surface area contributed by atoms with Gasteiger partial charge in [0.2, 0.25) is 5.91 Å². The third-order valence-corrected chi connectivity index (χ3v) is 8.92. The molecule has 1 aromatic heterocycles. The number of anilines is 1. The van der Waals surface area contributed by atoms with Crippen molar-refractivity contribution in [3.63, 3.8) is 0 Å². The van der Waals surface area contributed by atoms with Gasteiger partial charge in [-0.15, -0.1) is 0 Å². The van der Waals surface area contributed by atoms with Gasteiger partial charge in [0.15, 0.2) is 17.5 Å². The molecule has 1 amide bonds. The first kappa shape index (κ1) is 20.8. The fraction of sp³-hybridized carbons (Fsp3) is 0.379. The molecule has 0 unspecified atom stereocenters. The number of rotatable bonds is 3. The van der Waals surface area contributed by atoms with Crippen molar-refractivity contribution in [2.24, 2.45) is 5.92 Å². The van der Waals surface area contributed by atoms with Crippen molar-refractivity contribution >= 4 is 17.4 Å². The van der Waals surface area contributed by atoms with E-state index in [1.54, 1.807) is 10.6 Å². The Morgan fingerprint density at radius 1 is 0.800 bits per heavy atom. The van der Waals surface area contributed by atoms with E-state index in [9.17, 15) is 19.8 Å². The highest BCUT2D eigenvalue weighted by molar-refractivity contribution is 6.25. The number of hydrogen-bond donors (Lipinski definition) is 3. The second-order valence-electron chi connectivity index (χ2n) is 10.6. The van der Waals surface area contributed by atoms with E-state index in [4.69, 9.17) is 0 Å². The average Bonchev–Trinajstić information content (AvgIpc) is 3.62. The zero-order valence-electron chi connectivity index (χ0n) is 19.5. The molecule has 1 heterocycles. The number of nitrogens with zero attached hydrogens (tertiary/aromatic N) is 1. The molecule has 0 radical (unpaired) electrons. The third kappa shape index (κ3) is 2.89. The molecule has 0 aliphatic heterocycles. The van der Waals surface area contributed by atoms with Crippen LogP contribution in [0.5, 0.6) is 11.8 Å². The van der Waals surface area contributed by atoms with Crippen molar-refractivity contribution < 1.29 is 19.8 Å². The lowest BCUT2D eigenvalue weighted by Crippen LogP contribution is -2.28. The summed E-state index contributed by atoms with van der Waals surface area (Å²) < 4.78 is 1.74. The predicted octanol–water partition coefficient (Wildman–Crippen LogP) is 5.85. The van der Waals surface area contributed by atoms with E-state index in [1.807, 2.05) is 36.4 Å². The van der Waals surface area contributed by atoms with Gasteiger partial charge in [0, 0.05) is 28.7 Å². The molecule has 3 aromatic rings. The highest BCUT2D eigenvalue weighted by atomic mass is 16.3. The summed E-state index contributed by atoms with van der Waals surface area (Å²) in [5, 5.41) is 25.0. The fourth-order valence-corrected chi connectivity index (χ4v) is 7.26. The molecule has 35 heavy (non-hydrogen) atoms. The van der Waals surface area contributed by atoms with Crippen LogP contribution in [0.25, 0.3) is 11.1 Å². The van der Waals surface area contributed by atoms with Crippen molar-refractivity contribution in [2.45, 2.75) is 62.8 Å². The monoisotopic (exact) mass is 468 g/mol. The summed E-state index contributed by atoms with van der Waals surface area (Å²) >= 11 is 0. The van der Waals surface area contributed by atoms with E-state index in [0.29, 0.717) is 41.5 Å². The van der Waals surface area contributed by atoms with Crippen LogP contribution in [0, 0.1) is 5.92 Å². The normalized spacial score (nSPS) is 25.9. The van der Waals surface area contributed by atoms with Gasteiger partial charge in [-0.25, -0.2) is 0 Å². The zero-order valence-corrected chi connectivity index (χ0v) is 19.5. The van der Waals surface area contributed by atoms with Gasteiger partial charge >= 0.3 is 0 Å². The van der Waals surface area contributed by atoms with Crippen molar-refractivity contribution in [1.82, 2.24) is 4.57 Å². The summed E-state index contributed by atoms with van der Waals surface area (Å²) in [7, 11) is 0. The third-order valence-electron chi connectivity index (χ3n) is 8.92. The standard InChI is InChI=1S/C29H28N2O4/c32-26-21-5-2-1-4-19(21)20-6-3-7-22(25(20)26)30-27(33)15-10-12-18(13-11-15)31-28(34)23-16-8-9-17(14-16)24(23)29(31)35/h1-7,15-18,34-35H,8-14H2,(H,30,33)/t15?,16-,17+,18?. The van der Waals surface area contributed by atoms with Crippen LogP contribution in [0.2, 0.25) is 0 Å². The molecule has 2 aromatic carbocycles. The first-order valence-electron chi connectivity index (χ1n) is 12.8. The van der Waals surface area contributed by atoms with Gasteiger partial charge in [-0.2, -0.15) is 0 Å². The maximum atomic E-state index is 13.2. The Kier molecular flexibility index (Phi) is 4.44. The van der Waals surface area contributed by atoms with E-state index in [0.717, 1.165) is 54.4 Å². The van der Waals surface area contributed by atoms with Gasteiger partial charge in [-0.3, -0.25) is 14.2 Å². The summed E-state index contributed by atoms with van der Waals surface area (Å²) in [4.78, 5) is 26.2. The SMILES string of the molecule is O=C1c2ccccc2-c2cccc(NC(=O)C3CCC(n4c(O)c5c(c4O)[C@H]4CC[C@@H]5C4)CC3)c21. The lowest BCUT2D eigenvalue weighted by molar-refractivity contribution is -0.121. The smallest absolute Gasteiger partial charge is 0.227 e. The number of carbonyl (C=O) groups excluding carboxylic acids is 2. The Morgan fingerprint density at radius 3 is 2.11 bits per heavy atom. The van der Waals surface area contributed by atoms with Gasteiger partial charge in [-0.05, 0) is 74.0 Å². The molecule has 2 saturated carbocycles. The van der Waals surface area contributed by atoms with Crippen molar-refractivity contribution in [2.75, 3.05) is 5.32 Å². The number of aromatic hydroxyl groups is 2. The molecule has 178 valence electrons. The number of ketones is 1. The number of amides is 1. The fourth-order valence-electron chi connectivity index (χ4n) is 7.26. The number of nitrogens with one attached hydrogen (secondary N) is 1. The number of fused-ring (bicyclic) bond motifs is 8. The summed E-state index contributed by atoms with van der Waals surface area (Å²) in [5.74, 6) is 0.976. The number of carbonyl (C=O) groups is 2. The second-order valence-corrected chi connectivity index (χ2v) is 10.6. The van der Waals surface area contributed by atoms with E-state index in [1.165, 1.54) is 0 Å². The Balaban J connectivity index is 1.08. The van der Waals surface area contributed by atoms with Crippen LogP contribution in [0.15, 0.2) is 42.5 Å². The molecule has 3 N–H and O–H groups in total. The van der Waals surface area contributed by atoms with Crippen molar-refractivity contribution in [3.05, 3.63) is 64.7 Å². The Hall–Kier alpha value is -3.54. The molecular weight excluding hydrogens is 440 g/mol. The Labute approximate surface area is 203 Å². The van der Waals surface area contributed by atoms with E-state index >= 15 is 0 Å². The largest absolute Gasteiger partial charge is 0.494 e. The minimum absolute atomic E-state index is 0.00102. The summed E-state index contributed by atoms with van der Waals surface area (Å²) in [6, 6.07) is 13.2. The summed E-state index contributed by atoms with van der Waals surface area (Å²) in [5.41, 5.74) is 5.55. The van der Waals surface area contributed by atoms with Crippen LogP contribution in [0.3, 0.4) is 0 Å². The van der Waals surface area contributed by atoms with Crippen molar-refractivity contribution in [1.29, 1.82) is 0 Å². The Morgan fingerprint density at radius 2 is 1.43 bits per heavy atom. The quantitative estimate of drug-likeness (QED) is 0.352. The molecule has 7 rings (SSSR count). The van der Waals surface area contributed by atoms with Crippen LogP contribution >= 0.6 is 0 Å². The minimum Gasteiger partial charge on any atom is -0.494 e. The molecule has 0 saturated heterocycles. The number of benzene rings is 2. The maximum absolute atomic E-state index is 13.2. The molecule has 2 fully saturated rings. The molecule has 2 atom stereocenters. The number of aromatic nitrogens is 1. The van der Waals surface area contributed by atoms with E-state index in [-0.39, 0.29) is 35.4 Å². The lowest BCUT2D eigenvalue weighted by atomic mass is 9.85. The second kappa shape index (κ2) is 7.48. The van der Waals surface area contributed by atoms with Gasteiger partial charge in [0.05, 0.1) is 11.3 Å². The molecule has 2 bridgehead atoms. The molecule has 4 aliphatic carbocycles. The van der Waals surface area contributed by atoms with Gasteiger partial charge in [-0.1, -0.05) is 36.4 Å². The topological polar surface area (TPSA) is 91.6 Å². The van der Waals surface area contributed by atoms with Gasteiger partial charge in [0.25, 0.3) is 0 Å². The van der Waals surface area contributed by atoms with Crippen molar-refractivity contribution in [3.8, 4) is 22.9 Å². The van der Waals surface area contributed by atoms with Gasteiger partial charge < -0.3 is 15.5 Å². The molecule has 6 nitrogen and oxygen atoms in total. The average molecular weight is 469 g/mol. The highest BCUT2D eigenvalue weighted by Gasteiger charge is 2.45. The molecular formula is C29H28N2O4. The molecule has 4 aliphatic rings. The first-order valence-corrected chi connectivity index (χ1v) is 12.8. The van der Waals surface area contributed by atoms with E-state index in [2.05, 4.69) is 5.32 Å².